The molecular weight excluding hydrogens is 118 g/mol. The molecule has 0 saturated heterocycles. The van der Waals surface area contributed by atoms with E-state index in [1.807, 2.05) is 0 Å². The number of ether oxygens (including phenoxy) is 1. The highest BCUT2D eigenvalue weighted by molar-refractivity contribution is 5.71. The molecule has 0 aromatic carbocycles. The van der Waals surface area contributed by atoms with Crippen molar-refractivity contribution in [3.63, 3.8) is 0 Å². The molecule has 9 heavy (non-hydrogen) atoms. The minimum absolute atomic E-state index is 0.227. The van der Waals surface area contributed by atoms with Crippen molar-refractivity contribution in [1.29, 1.82) is 0 Å². The third-order valence-electron chi connectivity index (χ3n) is 0.704. The predicted octanol–water partition coefficient (Wildman–Crippen LogP) is 0.273. The van der Waals surface area contributed by atoms with Crippen LogP contribution in [0, 0.1) is 7.05 Å². The predicted molar refractivity (Wildman–Crippen MR) is 34.6 cm³/mol. The quantitative estimate of drug-likeness (QED) is 0.514. The largest absolute Gasteiger partial charge is 0.465 e. The molecule has 1 radical (unpaired) electrons. The van der Waals surface area contributed by atoms with Crippen molar-refractivity contribution < 1.29 is 9.53 Å². The molecule has 0 aromatic heterocycles. The zero-order valence-corrected chi connectivity index (χ0v) is 5.89. The Kier molecular flexibility index (Phi) is 4.05. The molecule has 0 bridgehead atoms. The molecule has 0 N–H and O–H groups in total. The van der Waals surface area contributed by atoms with Crippen molar-refractivity contribution >= 4 is 5.97 Å². The van der Waals surface area contributed by atoms with Gasteiger partial charge in [-0.1, -0.05) is 0 Å². The lowest BCUT2D eigenvalue weighted by molar-refractivity contribution is -0.143. The molecule has 3 nitrogen and oxygen atoms in total. The Morgan fingerprint density at radius 3 is 2.67 bits per heavy atom. The van der Waals surface area contributed by atoms with Crippen LogP contribution >= 0.6 is 0 Å². The summed E-state index contributed by atoms with van der Waals surface area (Å²) in [4.78, 5) is 12.1. The van der Waals surface area contributed by atoms with E-state index in [2.05, 4.69) is 11.8 Å². The monoisotopic (exact) mass is 130 g/mol. The Balaban J connectivity index is 3.27. The molecule has 0 saturated carbocycles. The second kappa shape index (κ2) is 4.32. The molecule has 0 aliphatic rings. The molecule has 53 valence electrons. The number of likely N-dealkylation sites (N-methyl/N-ethyl adjacent to an activating group) is 1. The number of carbonyl (C=O) groups is 1. The molecule has 0 aromatic rings. The number of rotatable bonds is 3. The van der Waals surface area contributed by atoms with Gasteiger partial charge in [0.15, 0.2) is 0 Å². The van der Waals surface area contributed by atoms with Gasteiger partial charge in [-0.2, -0.15) is 0 Å². The summed E-state index contributed by atoms with van der Waals surface area (Å²) in [5, 5.41) is 0. The van der Waals surface area contributed by atoms with Gasteiger partial charge in [-0.3, -0.25) is 9.69 Å². The average molecular weight is 130 g/mol. The SMILES string of the molecule is [CH2]N(C)CC(=O)OCC. The Morgan fingerprint density at radius 1 is 1.78 bits per heavy atom. The number of hydrogen-bond acceptors (Lipinski definition) is 3. The summed E-state index contributed by atoms with van der Waals surface area (Å²) in [5.74, 6) is -0.227. The van der Waals surface area contributed by atoms with E-state index < -0.39 is 0 Å². The third-order valence-corrected chi connectivity index (χ3v) is 0.704. The first-order valence-corrected chi connectivity index (χ1v) is 2.84. The fourth-order valence-electron chi connectivity index (χ4n) is 0.427. The Bertz CT molecular complexity index is 91.1. The molecule has 0 amide bonds. The lowest BCUT2D eigenvalue weighted by Crippen LogP contribution is -2.21. The summed E-state index contributed by atoms with van der Waals surface area (Å²) in [7, 11) is 5.21. The van der Waals surface area contributed by atoms with Gasteiger partial charge in [0.05, 0.1) is 13.2 Å². The van der Waals surface area contributed by atoms with Crippen molar-refractivity contribution in [3.8, 4) is 0 Å². The van der Waals surface area contributed by atoms with Gasteiger partial charge in [-0.25, -0.2) is 0 Å². The van der Waals surface area contributed by atoms with Gasteiger partial charge < -0.3 is 4.74 Å². The zero-order valence-electron chi connectivity index (χ0n) is 5.89. The Hall–Kier alpha value is -0.570. The Morgan fingerprint density at radius 2 is 2.33 bits per heavy atom. The van der Waals surface area contributed by atoms with E-state index >= 15 is 0 Å². The van der Waals surface area contributed by atoms with E-state index in [1.54, 1.807) is 14.0 Å². The van der Waals surface area contributed by atoms with Crippen LogP contribution in [-0.4, -0.2) is 31.1 Å². The van der Waals surface area contributed by atoms with E-state index in [1.165, 1.54) is 4.90 Å². The van der Waals surface area contributed by atoms with Crippen LogP contribution in [0.2, 0.25) is 0 Å². The second-order valence-corrected chi connectivity index (χ2v) is 1.82. The minimum atomic E-state index is -0.227. The maximum atomic E-state index is 10.5. The van der Waals surface area contributed by atoms with Crippen LogP contribution in [0.3, 0.4) is 0 Å². The van der Waals surface area contributed by atoms with Gasteiger partial charge in [0, 0.05) is 7.05 Å². The summed E-state index contributed by atoms with van der Waals surface area (Å²) in [6.45, 7) is 2.47. The van der Waals surface area contributed by atoms with Gasteiger partial charge in [0.2, 0.25) is 0 Å². The van der Waals surface area contributed by atoms with Gasteiger partial charge in [0.25, 0.3) is 0 Å². The lowest BCUT2D eigenvalue weighted by Gasteiger charge is -2.06. The standard InChI is InChI=1S/C6H12NO2/c1-4-9-6(8)5-7(2)3/h2,4-5H2,1,3H3. The number of carbonyl (C=O) groups excluding carboxylic acids is 1. The van der Waals surface area contributed by atoms with Crippen LogP contribution < -0.4 is 0 Å². The van der Waals surface area contributed by atoms with Crippen molar-refractivity contribution in [1.82, 2.24) is 4.90 Å². The summed E-state index contributed by atoms with van der Waals surface area (Å²) >= 11 is 0. The summed E-state index contributed by atoms with van der Waals surface area (Å²) < 4.78 is 4.63. The maximum absolute atomic E-state index is 10.5. The molecule has 0 aliphatic carbocycles. The van der Waals surface area contributed by atoms with E-state index in [0.29, 0.717) is 6.61 Å². The summed E-state index contributed by atoms with van der Waals surface area (Å²) in [6, 6.07) is 0. The molecule has 0 heterocycles. The first-order valence-electron chi connectivity index (χ1n) is 2.84. The van der Waals surface area contributed by atoms with Gasteiger partial charge in [-0.05, 0) is 14.0 Å². The fraction of sp³-hybridized carbons (Fsp3) is 0.667. The van der Waals surface area contributed by atoms with Crippen LogP contribution in [0.1, 0.15) is 6.92 Å². The first kappa shape index (κ1) is 8.43. The molecule has 0 atom stereocenters. The van der Waals surface area contributed by atoms with Crippen molar-refractivity contribution in [2.75, 3.05) is 20.2 Å². The molecule has 0 unspecified atom stereocenters. The van der Waals surface area contributed by atoms with Crippen LogP contribution in [0.15, 0.2) is 0 Å². The lowest BCUT2D eigenvalue weighted by atomic mass is 10.6. The summed E-state index contributed by atoms with van der Waals surface area (Å²) in [5.41, 5.74) is 0. The van der Waals surface area contributed by atoms with Crippen molar-refractivity contribution in [2.24, 2.45) is 0 Å². The van der Waals surface area contributed by atoms with Crippen LogP contribution in [-0.2, 0) is 9.53 Å². The van der Waals surface area contributed by atoms with Crippen molar-refractivity contribution in [3.05, 3.63) is 7.05 Å². The van der Waals surface area contributed by atoms with Crippen LogP contribution in [0.4, 0.5) is 0 Å². The number of esters is 1. The topological polar surface area (TPSA) is 29.5 Å². The molecule has 3 heteroatoms. The molecule has 0 aliphatic heterocycles. The minimum Gasteiger partial charge on any atom is -0.465 e. The van der Waals surface area contributed by atoms with Crippen LogP contribution in [0.25, 0.3) is 0 Å². The van der Waals surface area contributed by atoms with Crippen molar-refractivity contribution in [2.45, 2.75) is 6.92 Å². The molecular formula is C6H12NO2. The Labute approximate surface area is 55.6 Å². The van der Waals surface area contributed by atoms with Gasteiger partial charge in [0.1, 0.15) is 0 Å². The normalized spacial score (nSPS) is 9.78. The number of hydrogen-bond donors (Lipinski definition) is 0. The highest BCUT2D eigenvalue weighted by Gasteiger charge is 2.00. The number of nitrogens with zero attached hydrogens (tertiary/aromatic N) is 1. The molecule has 0 fully saturated rings. The molecule has 0 spiro atoms. The van der Waals surface area contributed by atoms with Gasteiger partial charge >= 0.3 is 5.97 Å². The first-order chi connectivity index (χ1) is 4.16. The zero-order chi connectivity index (χ0) is 7.28. The fourth-order valence-corrected chi connectivity index (χ4v) is 0.427. The second-order valence-electron chi connectivity index (χ2n) is 1.82. The molecule has 0 rings (SSSR count). The van der Waals surface area contributed by atoms with E-state index in [-0.39, 0.29) is 12.5 Å². The maximum Gasteiger partial charge on any atom is 0.320 e. The van der Waals surface area contributed by atoms with E-state index in [0.717, 1.165) is 0 Å². The smallest absolute Gasteiger partial charge is 0.320 e. The third kappa shape index (κ3) is 5.30. The van der Waals surface area contributed by atoms with Gasteiger partial charge in [-0.15, -0.1) is 0 Å². The summed E-state index contributed by atoms with van der Waals surface area (Å²) in [6.07, 6.45) is 0. The highest BCUT2D eigenvalue weighted by Crippen LogP contribution is 1.81. The average Bonchev–Trinajstić information content (AvgIpc) is 1.63. The highest BCUT2D eigenvalue weighted by atomic mass is 16.5. The van der Waals surface area contributed by atoms with E-state index in [9.17, 15) is 4.79 Å². The van der Waals surface area contributed by atoms with Crippen LogP contribution in [0.5, 0.6) is 0 Å². The van der Waals surface area contributed by atoms with E-state index in [4.69, 9.17) is 0 Å².